The van der Waals surface area contributed by atoms with Crippen molar-refractivity contribution in [3.63, 3.8) is 0 Å². The van der Waals surface area contributed by atoms with Gasteiger partial charge >= 0.3 is 0 Å². The lowest BCUT2D eigenvalue weighted by Gasteiger charge is -2.18. The van der Waals surface area contributed by atoms with E-state index < -0.39 is 0 Å². The summed E-state index contributed by atoms with van der Waals surface area (Å²) in [4.78, 5) is 4.38. The van der Waals surface area contributed by atoms with Crippen molar-refractivity contribution in [2.45, 2.75) is 53.0 Å². The first kappa shape index (κ1) is 25.9. The summed E-state index contributed by atoms with van der Waals surface area (Å²) in [6.45, 7) is 9.31. The van der Waals surface area contributed by atoms with E-state index in [2.05, 4.69) is 71.8 Å². The molecule has 2 N–H and O–H groups in total. The molecule has 1 unspecified atom stereocenters. The number of aryl methyl sites for hydroxylation is 4. The molecule has 3 rings (SSSR count). The van der Waals surface area contributed by atoms with Crippen LogP contribution in [0.3, 0.4) is 0 Å². The lowest BCUT2D eigenvalue weighted by atomic mass is 10.1. The third-order valence-electron chi connectivity index (χ3n) is 5.71. The molecule has 1 atom stereocenters. The molecule has 0 saturated carbocycles. The van der Waals surface area contributed by atoms with E-state index in [1.807, 2.05) is 41.7 Å². The van der Waals surface area contributed by atoms with Crippen molar-refractivity contribution in [3.8, 4) is 5.69 Å². The third kappa shape index (κ3) is 6.57. The average Bonchev–Trinajstić information content (AvgIpc) is 3.24. The SMILES string of the molecule is CN=C(NCCCc1cn(-c2ccccc2)nc1C)NC(C)Cc1c(C)nn(C)c1C.I. The van der Waals surface area contributed by atoms with Crippen LogP contribution in [0, 0.1) is 20.8 Å². The first-order valence-electron chi connectivity index (χ1n) is 11.0. The fourth-order valence-corrected chi connectivity index (χ4v) is 3.84. The molecule has 0 aliphatic carbocycles. The molecule has 7 nitrogen and oxygen atoms in total. The number of guanidine groups is 1. The van der Waals surface area contributed by atoms with Crippen LogP contribution in [-0.2, 0) is 19.9 Å². The van der Waals surface area contributed by atoms with Crippen LogP contribution < -0.4 is 10.6 Å². The minimum Gasteiger partial charge on any atom is -0.356 e. The Hall–Kier alpha value is -2.36. The van der Waals surface area contributed by atoms with E-state index in [-0.39, 0.29) is 30.0 Å². The van der Waals surface area contributed by atoms with Gasteiger partial charge in [0, 0.05) is 38.6 Å². The van der Waals surface area contributed by atoms with Gasteiger partial charge in [0.2, 0.25) is 0 Å². The number of nitrogens with zero attached hydrogens (tertiary/aromatic N) is 5. The lowest BCUT2D eigenvalue weighted by Crippen LogP contribution is -2.43. The number of hydrogen-bond donors (Lipinski definition) is 2. The maximum absolute atomic E-state index is 4.66. The molecular weight excluding hydrogens is 513 g/mol. The van der Waals surface area contributed by atoms with Crippen molar-refractivity contribution in [1.29, 1.82) is 0 Å². The molecular formula is C24H36IN7. The fraction of sp³-hybridized carbons (Fsp3) is 0.458. The number of rotatable bonds is 8. The fourth-order valence-electron chi connectivity index (χ4n) is 3.84. The molecule has 0 fully saturated rings. The van der Waals surface area contributed by atoms with Crippen LogP contribution in [0.25, 0.3) is 5.69 Å². The number of nitrogens with one attached hydrogen (secondary N) is 2. The molecule has 0 spiro atoms. The van der Waals surface area contributed by atoms with Crippen LogP contribution in [0.5, 0.6) is 0 Å². The van der Waals surface area contributed by atoms with E-state index in [0.717, 1.165) is 48.8 Å². The normalized spacial score (nSPS) is 12.4. The summed E-state index contributed by atoms with van der Waals surface area (Å²) in [6.07, 6.45) is 5.05. The molecule has 0 aliphatic rings. The minimum atomic E-state index is 0. The summed E-state index contributed by atoms with van der Waals surface area (Å²) in [5, 5.41) is 16.1. The lowest BCUT2D eigenvalue weighted by molar-refractivity contribution is 0.631. The Morgan fingerprint density at radius 3 is 2.44 bits per heavy atom. The van der Waals surface area contributed by atoms with E-state index >= 15 is 0 Å². The van der Waals surface area contributed by atoms with Gasteiger partial charge in [-0.1, -0.05) is 18.2 Å². The monoisotopic (exact) mass is 549 g/mol. The summed E-state index contributed by atoms with van der Waals surface area (Å²) in [7, 11) is 3.81. The second-order valence-electron chi connectivity index (χ2n) is 8.14. The van der Waals surface area contributed by atoms with Gasteiger partial charge < -0.3 is 10.6 Å². The van der Waals surface area contributed by atoms with Gasteiger partial charge in [-0.2, -0.15) is 10.2 Å². The van der Waals surface area contributed by atoms with Crippen LogP contribution in [0.15, 0.2) is 41.5 Å². The van der Waals surface area contributed by atoms with Crippen LogP contribution >= 0.6 is 24.0 Å². The predicted octanol–water partition coefficient (Wildman–Crippen LogP) is 3.88. The number of halogens is 1. The zero-order valence-corrected chi connectivity index (χ0v) is 22.3. The minimum absolute atomic E-state index is 0. The topological polar surface area (TPSA) is 72.1 Å². The molecule has 2 heterocycles. The van der Waals surface area contributed by atoms with Crippen molar-refractivity contribution in [1.82, 2.24) is 30.2 Å². The van der Waals surface area contributed by atoms with Gasteiger partial charge in [0.05, 0.1) is 17.1 Å². The van der Waals surface area contributed by atoms with Crippen molar-refractivity contribution >= 4 is 29.9 Å². The maximum Gasteiger partial charge on any atom is 0.191 e. The highest BCUT2D eigenvalue weighted by atomic mass is 127. The molecule has 0 saturated heterocycles. The van der Waals surface area contributed by atoms with Gasteiger partial charge in [-0.05, 0) is 70.2 Å². The van der Waals surface area contributed by atoms with Gasteiger partial charge in [0.15, 0.2) is 5.96 Å². The van der Waals surface area contributed by atoms with E-state index in [0.29, 0.717) is 0 Å². The number of aromatic nitrogens is 4. The van der Waals surface area contributed by atoms with Gasteiger partial charge in [-0.25, -0.2) is 4.68 Å². The first-order valence-corrected chi connectivity index (χ1v) is 11.0. The molecule has 32 heavy (non-hydrogen) atoms. The average molecular weight is 550 g/mol. The number of benzene rings is 1. The molecule has 2 aromatic heterocycles. The summed E-state index contributed by atoms with van der Waals surface area (Å²) in [6, 6.07) is 10.5. The van der Waals surface area contributed by atoms with Gasteiger partial charge in [-0.3, -0.25) is 9.67 Å². The van der Waals surface area contributed by atoms with Crippen molar-refractivity contribution in [3.05, 3.63) is 64.7 Å². The molecule has 0 bridgehead atoms. The molecule has 0 amide bonds. The first-order chi connectivity index (χ1) is 14.9. The quantitative estimate of drug-likeness (QED) is 0.194. The Labute approximate surface area is 208 Å². The van der Waals surface area contributed by atoms with Gasteiger partial charge in [-0.15, -0.1) is 24.0 Å². The molecule has 0 aliphatic heterocycles. The summed E-state index contributed by atoms with van der Waals surface area (Å²) in [5.41, 5.74) is 7.09. The molecule has 174 valence electrons. The van der Waals surface area contributed by atoms with Gasteiger partial charge in [0.1, 0.15) is 0 Å². The van der Waals surface area contributed by atoms with E-state index in [4.69, 9.17) is 0 Å². The Morgan fingerprint density at radius 1 is 1.09 bits per heavy atom. The Balaban J connectivity index is 0.00000363. The summed E-state index contributed by atoms with van der Waals surface area (Å²) < 4.78 is 3.91. The highest BCUT2D eigenvalue weighted by Gasteiger charge is 2.14. The zero-order chi connectivity index (χ0) is 22.4. The molecule has 1 aromatic carbocycles. The second kappa shape index (κ2) is 12.0. The smallest absolute Gasteiger partial charge is 0.191 e. The number of para-hydroxylation sites is 1. The molecule has 0 radical (unpaired) electrons. The summed E-state index contributed by atoms with van der Waals surface area (Å²) in [5.74, 6) is 0.836. The second-order valence-corrected chi connectivity index (χ2v) is 8.14. The van der Waals surface area contributed by atoms with Crippen LogP contribution in [0.2, 0.25) is 0 Å². The van der Waals surface area contributed by atoms with Crippen molar-refractivity contribution in [2.75, 3.05) is 13.6 Å². The van der Waals surface area contributed by atoms with E-state index in [1.54, 1.807) is 0 Å². The number of aliphatic imine (C=N–C) groups is 1. The van der Waals surface area contributed by atoms with Crippen molar-refractivity contribution < 1.29 is 0 Å². The van der Waals surface area contributed by atoms with E-state index in [9.17, 15) is 0 Å². The standard InChI is InChI=1S/C24H35N7.HI/c1-17(15-23-19(3)28-30(6)20(23)4)27-24(25-5)26-14-10-11-21-16-31(29-18(21)2)22-12-8-7-9-13-22;/h7-9,12-13,16-17H,10-11,14-15H2,1-6H3,(H2,25,26,27);1H. The van der Waals surface area contributed by atoms with Crippen LogP contribution in [-0.4, -0.2) is 45.2 Å². The Bertz CT molecular complexity index is 1020. The zero-order valence-electron chi connectivity index (χ0n) is 20.0. The van der Waals surface area contributed by atoms with Crippen molar-refractivity contribution in [2.24, 2.45) is 12.0 Å². The Kier molecular flexibility index (Phi) is 9.74. The predicted molar refractivity (Wildman–Crippen MR) is 142 cm³/mol. The highest BCUT2D eigenvalue weighted by Crippen LogP contribution is 2.15. The Morgan fingerprint density at radius 2 is 1.81 bits per heavy atom. The summed E-state index contributed by atoms with van der Waals surface area (Å²) >= 11 is 0. The molecule has 8 heteroatoms. The largest absolute Gasteiger partial charge is 0.356 e. The van der Waals surface area contributed by atoms with Crippen LogP contribution in [0.1, 0.15) is 41.6 Å². The highest BCUT2D eigenvalue weighted by molar-refractivity contribution is 14.0. The number of hydrogen-bond acceptors (Lipinski definition) is 3. The van der Waals surface area contributed by atoms with Crippen LogP contribution in [0.4, 0.5) is 0 Å². The third-order valence-corrected chi connectivity index (χ3v) is 5.71. The van der Waals surface area contributed by atoms with Gasteiger partial charge in [0.25, 0.3) is 0 Å². The van der Waals surface area contributed by atoms with E-state index in [1.165, 1.54) is 16.8 Å². The maximum atomic E-state index is 4.66. The molecule has 3 aromatic rings.